The van der Waals surface area contributed by atoms with Gasteiger partial charge in [0.05, 0.1) is 26.9 Å². The van der Waals surface area contributed by atoms with Gasteiger partial charge in [-0.25, -0.2) is 4.79 Å². The van der Waals surface area contributed by atoms with Gasteiger partial charge in [0.2, 0.25) is 0 Å². The van der Waals surface area contributed by atoms with Gasteiger partial charge in [-0.05, 0) is 76.6 Å². The van der Waals surface area contributed by atoms with Gasteiger partial charge >= 0.3 is 5.97 Å². The van der Waals surface area contributed by atoms with Crippen molar-refractivity contribution in [1.29, 1.82) is 0 Å². The molecule has 1 aliphatic rings. The summed E-state index contributed by atoms with van der Waals surface area (Å²) in [6, 6.07) is 22.7. The lowest BCUT2D eigenvalue weighted by Crippen LogP contribution is -2.36. The van der Waals surface area contributed by atoms with E-state index in [0.717, 1.165) is 66.4 Å². The first kappa shape index (κ1) is 30.9. The van der Waals surface area contributed by atoms with E-state index < -0.39 is 5.97 Å². The Morgan fingerprint density at radius 3 is 2.24 bits per heavy atom. The van der Waals surface area contributed by atoms with Crippen LogP contribution in [0.3, 0.4) is 0 Å². The molecule has 0 aromatic heterocycles. The van der Waals surface area contributed by atoms with Gasteiger partial charge in [-0.2, -0.15) is 0 Å². The summed E-state index contributed by atoms with van der Waals surface area (Å²) >= 11 is 0. The van der Waals surface area contributed by atoms with Crippen LogP contribution < -0.4 is 9.47 Å². The Bertz CT molecular complexity index is 1420. The number of hydrogen-bond acceptors (Lipinski definition) is 6. The summed E-state index contributed by atoms with van der Waals surface area (Å²) in [5, 5.41) is 0. The molecule has 6 heteroatoms. The number of carbonyl (C=O) groups is 1. The molecule has 42 heavy (non-hydrogen) atoms. The highest BCUT2D eigenvalue weighted by Crippen LogP contribution is 2.29. The van der Waals surface area contributed by atoms with Gasteiger partial charge in [0, 0.05) is 18.7 Å². The molecule has 4 rings (SSSR count). The average Bonchev–Trinajstić information content (AvgIpc) is 2.99. The molecule has 1 heterocycles. The maximum absolute atomic E-state index is 11.4. The van der Waals surface area contributed by atoms with Crippen LogP contribution in [0.5, 0.6) is 11.5 Å². The molecule has 1 saturated heterocycles. The fourth-order valence-electron chi connectivity index (χ4n) is 4.59. The zero-order chi connectivity index (χ0) is 30.0. The Morgan fingerprint density at radius 1 is 0.952 bits per heavy atom. The van der Waals surface area contributed by atoms with Gasteiger partial charge < -0.3 is 18.9 Å². The van der Waals surface area contributed by atoms with Gasteiger partial charge in [0.25, 0.3) is 0 Å². The summed E-state index contributed by atoms with van der Waals surface area (Å²) in [6.07, 6.45) is 2.11. The minimum absolute atomic E-state index is 0.0810. The minimum atomic E-state index is -0.420. The fraction of sp³-hybridized carbons (Fsp3) is 0.361. The molecule has 3 aromatic rings. The van der Waals surface area contributed by atoms with Gasteiger partial charge in [0.1, 0.15) is 18.1 Å². The van der Waals surface area contributed by atoms with E-state index in [9.17, 15) is 4.79 Å². The van der Waals surface area contributed by atoms with E-state index in [-0.39, 0.29) is 12.0 Å². The van der Waals surface area contributed by atoms with Crippen molar-refractivity contribution < 1.29 is 23.7 Å². The molecule has 220 valence electrons. The smallest absolute Gasteiger partial charge is 0.343 e. The van der Waals surface area contributed by atoms with E-state index in [1.54, 1.807) is 0 Å². The molecule has 0 aliphatic carbocycles. The zero-order valence-electron chi connectivity index (χ0n) is 25.4. The van der Waals surface area contributed by atoms with E-state index in [1.165, 1.54) is 12.7 Å². The van der Waals surface area contributed by atoms with Crippen LogP contribution in [0, 0.1) is 18.8 Å². The predicted molar refractivity (Wildman–Crippen MR) is 167 cm³/mol. The van der Waals surface area contributed by atoms with Crippen molar-refractivity contribution in [1.82, 2.24) is 4.90 Å². The predicted octanol–water partition coefficient (Wildman–Crippen LogP) is 6.04. The lowest BCUT2D eigenvalue weighted by Gasteiger charge is -2.24. The number of aryl methyl sites for hydroxylation is 1. The first-order valence-corrected chi connectivity index (χ1v) is 14.4. The summed E-state index contributed by atoms with van der Waals surface area (Å²) < 4.78 is 21.7. The number of methoxy groups -OCH3 is 1. The topological polar surface area (TPSA) is 57.2 Å². The monoisotopic (exact) mass is 567 g/mol. The molecule has 1 aliphatic heterocycles. The van der Waals surface area contributed by atoms with Crippen molar-refractivity contribution in [2.45, 2.75) is 33.1 Å². The van der Waals surface area contributed by atoms with Crippen LogP contribution in [0.1, 0.15) is 48.6 Å². The van der Waals surface area contributed by atoms with E-state index in [2.05, 4.69) is 96.9 Å². The largest absolute Gasteiger partial charge is 0.489 e. The van der Waals surface area contributed by atoms with Crippen LogP contribution in [0.4, 0.5) is 0 Å². The molecule has 0 bridgehead atoms. The number of ether oxygens (including phenoxy) is 4. The summed E-state index contributed by atoms with van der Waals surface area (Å²) in [4.78, 5) is 13.7. The minimum Gasteiger partial charge on any atom is -0.489 e. The lowest BCUT2D eigenvalue weighted by molar-refractivity contribution is -0.142. The standard InChI is InChI=1S/C36H41NO5/c1-27-25-32(16-17-34(27)42-26-35(38)39-5)41-22-18-33(30-12-14-31(15-13-30)36(2,3)4)29-10-8-28(9-11-29)7-6-19-37-20-23-40-24-21-37/h8-18,25H,19-24,26H2,1-5H3. The van der Waals surface area contributed by atoms with E-state index in [0.29, 0.717) is 12.4 Å². The number of nitrogens with zero attached hydrogens (tertiary/aromatic N) is 1. The summed E-state index contributed by atoms with van der Waals surface area (Å²) in [7, 11) is 1.34. The molecule has 0 N–H and O–H groups in total. The molecular weight excluding hydrogens is 526 g/mol. The second kappa shape index (κ2) is 14.7. The molecule has 1 fully saturated rings. The molecule has 0 spiro atoms. The molecule has 0 atom stereocenters. The SMILES string of the molecule is COC(=O)COc1ccc(OCC=C(c2ccc(C#CCN3CCOCC3)cc2)c2ccc(C(C)(C)C)cc2)cc1C. The normalized spacial score (nSPS) is 14.1. The number of esters is 1. The van der Waals surface area contributed by atoms with Crippen LogP contribution in [0.2, 0.25) is 0 Å². The Labute approximate surface area is 250 Å². The van der Waals surface area contributed by atoms with Gasteiger partial charge in [-0.1, -0.05) is 69.0 Å². The number of morpholine rings is 1. The van der Waals surface area contributed by atoms with Crippen molar-refractivity contribution in [2.75, 3.05) is 53.2 Å². The Hall–Kier alpha value is -4.05. The van der Waals surface area contributed by atoms with E-state index in [1.807, 2.05) is 25.1 Å². The maximum atomic E-state index is 11.4. The summed E-state index contributed by atoms with van der Waals surface area (Å²) in [5.41, 5.74) is 6.57. The van der Waals surface area contributed by atoms with Crippen molar-refractivity contribution >= 4 is 11.5 Å². The number of benzene rings is 3. The third kappa shape index (κ3) is 8.97. The van der Waals surface area contributed by atoms with Crippen LogP contribution in [-0.2, 0) is 19.7 Å². The molecular formula is C36H41NO5. The Kier molecular flexibility index (Phi) is 10.8. The molecule has 0 amide bonds. The Morgan fingerprint density at radius 2 is 1.62 bits per heavy atom. The number of rotatable bonds is 9. The first-order chi connectivity index (χ1) is 20.2. The van der Waals surface area contributed by atoms with Gasteiger partial charge in [-0.15, -0.1) is 0 Å². The number of hydrogen-bond donors (Lipinski definition) is 0. The highest BCUT2D eigenvalue weighted by Gasteiger charge is 2.14. The van der Waals surface area contributed by atoms with Crippen molar-refractivity contribution in [2.24, 2.45) is 0 Å². The van der Waals surface area contributed by atoms with Crippen molar-refractivity contribution in [3.63, 3.8) is 0 Å². The fourth-order valence-corrected chi connectivity index (χ4v) is 4.59. The van der Waals surface area contributed by atoms with Crippen LogP contribution in [0.25, 0.3) is 5.57 Å². The highest BCUT2D eigenvalue weighted by molar-refractivity contribution is 5.80. The Balaban J connectivity index is 1.50. The van der Waals surface area contributed by atoms with E-state index in [4.69, 9.17) is 14.2 Å². The lowest BCUT2D eigenvalue weighted by atomic mass is 9.85. The maximum Gasteiger partial charge on any atom is 0.343 e. The molecule has 0 unspecified atom stereocenters. The van der Waals surface area contributed by atoms with Crippen LogP contribution in [-0.4, -0.2) is 64.0 Å². The highest BCUT2D eigenvalue weighted by atomic mass is 16.6. The van der Waals surface area contributed by atoms with Gasteiger partial charge in [-0.3, -0.25) is 4.90 Å². The zero-order valence-corrected chi connectivity index (χ0v) is 25.4. The first-order valence-electron chi connectivity index (χ1n) is 14.4. The van der Waals surface area contributed by atoms with Crippen LogP contribution >= 0.6 is 0 Å². The van der Waals surface area contributed by atoms with Crippen molar-refractivity contribution in [3.05, 3.63) is 101 Å². The quantitative estimate of drug-likeness (QED) is 0.232. The van der Waals surface area contributed by atoms with Gasteiger partial charge in [0.15, 0.2) is 6.61 Å². The van der Waals surface area contributed by atoms with Crippen LogP contribution in [0.15, 0.2) is 72.8 Å². The summed E-state index contributed by atoms with van der Waals surface area (Å²) in [5.74, 6) is 7.53. The molecule has 0 radical (unpaired) electrons. The molecule has 0 saturated carbocycles. The molecule has 3 aromatic carbocycles. The third-order valence-electron chi connectivity index (χ3n) is 7.15. The summed E-state index contributed by atoms with van der Waals surface area (Å²) in [6.45, 7) is 13.0. The third-order valence-corrected chi connectivity index (χ3v) is 7.15. The average molecular weight is 568 g/mol. The number of carbonyl (C=O) groups excluding carboxylic acids is 1. The van der Waals surface area contributed by atoms with E-state index >= 15 is 0 Å². The van der Waals surface area contributed by atoms with Crippen molar-refractivity contribution in [3.8, 4) is 23.3 Å². The molecule has 6 nitrogen and oxygen atoms in total. The second-order valence-electron chi connectivity index (χ2n) is 11.3. The second-order valence-corrected chi connectivity index (χ2v) is 11.3.